The van der Waals surface area contributed by atoms with Crippen molar-refractivity contribution in [3.8, 4) is 0 Å². The number of nitrogens with zero attached hydrogens (tertiary/aromatic N) is 1. The summed E-state index contributed by atoms with van der Waals surface area (Å²) in [5.41, 5.74) is 0. The first-order chi connectivity index (χ1) is 5.84. The maximum absolute atomic E-state index is 11.4. The molecule has 1 N–H and O–H groups in total. The molecule has 1 heterocycles. The predicted molar refractivity (Wildman–Crippen MR) is 49.1 cm³/mol. The molecule has 2 amide bonds. The van der Waals surface area contributed by atoms with Crippen molar-refractivity contribution in [3.05, 3.63) is 0 Å². The number of urea groups is 1. The molecule has 0 atom stereocenters. The molecule has 0 unspecified atom stereocenters. The molecule has 0 aromatic heterocycles. The molecule has 0 aromatic rings. The van der Waals surface area contributed by atoms with Crippen LogP contribution >= 0.6 is 0 Å². The number of hydrogen-bond acceptors (Lipinski definition) is 1. The molecule has 0 saturated carbocycles. The van der Waals surface area contributed by atoms with Gasteiger partial charge in [-0.05, 0) is 19.8 Å². The van der Waals surface area contributed by atoms with Crippen LogP contribution in [0.3, 0.4) is 0 Å². The lowest BCUT2D eigenvalue weighted by molar-refractivity contribution is 0.200. The number of hydrogen-bond donors (Lipinski definition) is 1. The van der Waals surface area contributed by atoms with Gasteiger partial charge in [0.15, 0.2) is 0 Å². The van der Waals surface area contributed by atoms with Gasteiger partial charge in [0, 0.05) is 19.6 Å². The Kier molecular flexibility index (Phi) is 3.91. The van der Waals surface area contributed by atoms with Crippen LogP contribution < -0.4 is 5.32 Å². The van der Waals surface area contributed by atoms with Gasteiger partial charge >= 0.3 is 6.03 Å². The SMILES string of the molecule is CCNC(=O)N1CCCCCC1. The van der Waals surface area contributed by atoms with Gasteiger partial charge in [0.05, 0.1) is 0 Å². The zero-order valence-electron chi connectivity index (χ0n) is 7.81. The van der Waals surface area contributed by atoms with Crippen LogP contribution in [0.15, 0.2) is 0 Å². The third-order valence-corrected chi connectivity index (χ3v) is 2.22. The summed E-state index contributed by atoms with van der Waals surface area (Å²) in [4.78, 5) is 13.3. The second kappa shape index (κ2) is 5.01. The van der Waals surface area contributed by atoms with Gasteiger partial charge < -0.3 is 10.2 Å². The molecule has 0 aliphatic carbocycles. The number of likely N-dealkylation sites (tertiary alicyclic amines) is 1. The molecule has 1 rings (SSSR count). The van der Waals surface area contributed by atoms with Gasteiger partial charge in [-0.3, -0.25) is 0 Å². The highest BCUT2D eigenvalue weighted by Crippen LogP contribution is 2.09. The molecule has 0 radical (unpaired) electrons. The Hall–Kier alpha value is -0.730. The number of carbonyl (C=O) groups excluding carboxylic acids is 1. The Labute approximate surface area is 74.1 Å². The van der Waals surface area contributed by atoms with Gasteiger partial charge in [-0.15, -0.1) is 0 Å². The molecule has 1 fully saturated rings. The van der Waals surface area contributed by atoms with E-state index in [2.05, 4.69) is 5.32 Å². The van der Waals surface area contributed by atoms with Crippen molar-refractivity contribution in [2.24, 2.45) is 0 Å². The van der Waals surface area contributed by atoms with Gasteiger partial charge in [-0.25, -0.2) is 4.79 Å². The minimum atomic E-state index is 0.111. The van der Waals surface area contributed by atoms with Crippen molar-refractivity contribution in [2.45, 2.75) is 32.6 Å². The van der Waals surface area contributed by atoms with Crippen LogP contribution in [-0.2, 0) is 0 Å². The molecular formula is C9H18N2O. The van der Waals surface area contributed by atoms with E-state index in [0.29, 0.717) is 0 Å². The zero-order valence-corrected chi connectivity index (χ0v) is 7.81. The summed E-state index contributed by atoms with van der Waals surface area (Å²) in [5, 5.41) is 2.83. The van der Waals surface area contributed by atoms with E-state index in [1.165, 1.54) is 12.8 Å². The zero-order chi connectivity index (χ0) is 8.81. The molecule has 1 aliphatic rings. The first-order valence-corrected chi connectivity index (χ1v) is 4.87. The second-order valence-electron chi connectivity index (χ2n) is 3.24. The van der Waals surface area contributed by atoms with Crippen LogP contribution in [0.25, 0.3) is 0 Å². The van der Waals surface area contributed by atoms with Crippen LogP contribution in [0.2, 0.25) is 0 Å². The second-order valence-corrected chi connectivity index (χ2v) is 3.24. The smallest absolute Gasteiger partial charge is 0.317 e. The van der Waals surface area contributed by atoms with E-state index in [1.807, 2.05) is 11.8 Å². The fourth-order valence-corrected chi connectivity index (χ4v) is 1.54. The average molecular weight is 170 g/mol. The Morgan fingerprint density at radius 2 is 1.83 bits per heavy atom. The highest BCUT2D eigenvalue weighted by molar-refractivity contribution is 5.74. The van der Waals surface area contributed by atoms with E-state index in [1.54, 1.807) is 0 Å². The molecule has 1 aliphatic heterocycles. The summed E-state index contributed by atoms with van der Waals surface area (Å²) in [6.45, 7) is 4.56. The summed E-state index contributed by atoms with van der Waals surface area (Å²) in [6, 6.07) is 0.111. The van der Waals surface area contributed by atoms with Crippen molar-refractivity contribution in [2.75, 3.05) is 19.6 Å². The van der Waals surface area contributed by atoms with E-state index in [-0.39, 0.29) is 6.03 Å². The van der Waals surface area contributed by atoms with Crippen molar-refractivity contribution in [3.63, 3.8) is 0 Å². The normalized spacial score (nSPS) is 18.6. The average Bonchev–Trinajstić information content (AvgIpc) is 2.32. The van der Waals surface area contributed by atoms with E-state index >= 15 is 0 Å². The molecule has 0 bridgehead atoms. The third kappa shape index (κ3) is 2.72. The van der Waals surface area contributed by atoms with Gasteiger partial charge in [0.1, 0.15) is 0 Å². The summed E-state index contributed by atoms with van der Waals surface area (Å²) in [6.07, 6.45) is 4.88. The highest BCUT2D eigenvalue weighted by atomic mass is 16.2. The van der Waals surface area contributed by atoms with E-state index in [9.17, 15) is 4.79 Å². The maximum atomic E-state index is 11.4. The van der Waals surface area contributed by atoms with Gasteiger partial charge in [0.25, 0.3) is 0 Å². The Morgan fingerprint density at radius 3 is 2.33 bits per heavy atom. The van der Waals surface area contributed by atoms with Crippen LogP contribution in [0.4, 0.5) is 4.79 Å². The summed E-state index contributed by atoms with van der Waals surface area (Å²) in [7, 11) is 0. The minimum absolute atomic E-state index is 0.111. The number of rotatable bonds is 1. The van der Waals surface area contributed by atoms with Crippen LogP contribution in [0.5, 0.6) is 0 Å². The highest BCUT2D eigenvalue weighted by Gasteiger charge is 2.13. The van der Waals surface area contributed by atoms with Gasteiger partial charge in [0.2, 0.25) is 0 Å². The monoisotopic (exact) mass is 170 g/mol. The van der Waals surface area contributed by atoms with E-state index in [4.69, 9.17) is 0 Å². The summed E-state index contributed by atoms with van der Waals surface area (Å²) < 4.78 is 0. The van der Waals surface area contributed by atoms with E-state index in [0.717, 1.165) is 32.5 Å². The Bertz CT molecular complexity index is 139. The predicted octanol–water partition coefficient (Wildman–Crippen LogP) is 1.59. The number of nitrogens with one attached hydrogen (secondary N) is 1. The first-order valence-electron chi connectivity index (χ1n) is 4.87. The fraction of sp³-hybridized carbons (Fsp3) is 0.889. The lowest BCUT2D eigenvalue weighted by Gasteiger charge is -2.19. The summed E-state index contributed by atoms with van der Waals surface area (Å²) >= 11 is 0. The topological polar surface area (TPSA) is 32.3 Å². The molecule has 12 heavy (non-hydrogen) atoms. The third-order valence-electron chi connectivity index (χ3n) is 2.22. The molecule has 3 heteroatoms. The van der Waals surface area contributed by atoms with Crippen molar-refractivity contribution in [1.82, 2.24) is 10.2 Å². The van der Waals surface area contributed by atoms with Crippen LogP contribution in [0, 0.1) is 0 Å². The molecule has 3 nitrogen and oxygen atoms in total. The molecule has 1 saturated heterocycles. The van der Waals surface area contributed by atoms with Crippen molar-refractivity contribution < 1.29 is 4.79 Å². The van der Waals surface area contributed by atoms with Crippen LogP contribution in [-0.4, -0.2) is 30.6 Å². The Morgan fingerprint density at radius 1 is 1.25 bits per heavy atom. The van der Waals surface area contributed by atoms with Crippen molar-refractivity contribution in [1.29, 1.82) is 0 Å². The van der Waals surface area contributed by atoms with Crippen molar-refractivity contribution >= 4 is 6.03 Å². The van der Waals surface area contributed by atoms with Gasteiger partial charge in [-0.1, -0.05) is 12.8 Å². The molecule has 0 aromatic carbocycles. The summed E-state index contributed by atoms with van der Waals surface area (Å²) in [5.74, 6) is 0. The van der Waals surface area contributed by atoms with Crippen LogP contribution in [0.1, 0.15) is 32.6 Å². The van der Waals surface area contributed by atoms with Gasteiger partial charge in [-0.2, -0.15) is 0 Å². The molecular weight excluding hydrogens is 152 g/mol. The lowest BCUT2D eigenvalue weighted by Crippen LogP contribution is -2.40. The largest absolute Gasteiger partial charge is 0.338 e. The minimum Gasteiger partial charge on any atom is -0.338 e. The first kappa shape index (κ1) is 9.36. The standard InChI is InChI=1S/C9H18N2O/c1-2-10-9(12)11-7-5-3-4-6-8-11/h2-8H2,1H3,(H,10,12). The maximum Gasteiger partial charge on any atom is 0.317 e. The molecule has 70 valence electrons. The molecule has 0 spiro atoms. The lowest BCUT2D eigenvalue weighted by atomic mass is 10.2. The quantitative estimate of drug-likeness (QED) is 0.637. The van der Waals surface area contributed by atoms with E-state index < -0.39 is 0 Å². The number of amides is 2. The fourth-order valence-electron chi connectivity index (χ4n) is 1.54. The number of carbonyl (C=O) groups is 1. The Balaban J connectivity index is 2.32.